The highest BCUT2D eigenvalue weighted by atomic mass is 16.7. The van der Waals surface area contributed by atoms with Crippen LogP contribution in [-0.2, 0) is 28.5 Å². The SMILES string of the molecule is CO[C@@H]1[C@@H](O)[C@H](O)C(O[C@@H]2[C@H](O)[C@@H](O)[C@H](O)O[C@@H]2C(=O)O)O[C@@H]1C(=O)O. The molecule has 2 aliphatic heterocycles. The van der Waals surface area contributed by atoms with Gasteiger partial charge in [0.1, 0.15) is 36.6 Å². The average molecular weight is 384 g/mol. The number of aliphatic carboxylic acids is 2. The Morgan fingerprint density at radius 3 is 1.77 bits per heavy atom. The van der Waals surface area contributed by atoms with Crippen molar-refractivity contribution < 1.29 is 64.3 Å². The van der Waals surface area contributed by atoms with Gasteiger partial charge in [-0.3, -0.25) is 0 Å². The third kappa shape index (κ3) is 3.80. The first-order valence-electron chi connectivity index (χ1n) is 7.45. The van der Waals surface area contributed by atoms with Gasteiger partial charge in [0.15, 0.2) is 24.8 Å². The van der Waals surface area contributed by atoms with Gasteiger partial charge in [-0.2, -0.15) is 0 Å². The molecule has 0 aromatic rings. The molecule has 7 N–H and O–H groups in total. The Morgan fingerprint density at radius 2 is 1.27 bits per heavy atom. The minimum Gasteiger partial charge on any atom is -0.479 e. The van der Waals surface area contributed by atoms with Crippen molar-refractivity contribution in [2.24, 2.45) is 0 Å². The lowest BCUT2D eigenvalue weighted by Gasteiger charge is -2.44. The molecule has 1 unspecified atom stereocenters. The molecule has 0 radical (unpaired) electrons. The first-order valence-corrected chi connectivity index (χ1v) is 7.45. The van der Waals surface area contributed by atoms with Crippen molar-refractivity contribution in [3.05, 3.63) is 0 Å². The van der Waals surface area contributed by atoms with E-state index in [0.717, 1.165) is 7.11 Å². The Balaban J connectivity index is 2.23. The van der Waals surface area contributed by atoms with Crippen LogP contribution in [0, 0.1) is 0 Å². The Labute approximate surface area is 145 Å². The van der Waals surface area contributed by atoms with Crippen LogP contribution in [0.1, 0.15) is 0 Å². The van der Waals surface area contributed by atoms with Crippen LogP contribution in [0.5, 0.6) is 0 Å². The fourth-order valence-corrected chi connectivity index (χ4v) is 2.77. The van der Waals surface area contributed by atoms with Crippen LogP contribution >= 0.6 is 0 Å². The van der Waals surface area contributed by atoms with Crippen LogP contribution in [0.15, 0.2) is 0 Å². The predicted octanol–water partition coefficient (Wildman–Crippen LogP) is -4.56. The highest BCUT2D eigenvalue weighted by Crippen LogP contribution is 2.29. The van der Waals surface area contributed by atoms with E-state index in [9.17, 15) is 35.1 Å². The van der Waals surface area contributed by atoms with E-state index in [-0.39, 0.29) is 0 Å². The topological polar surface area (TPSA) is 213 Å². The van der Waals surface area contributed by atoms with Crippen molar-refractivity contribution in [3.63, 3.8) is 0 Å². The monoisotopic (exact) mass is 384 g/mol. The number of hydrogen-bond acceptors (Lipinski definition) is 11. The molecule has 0 aromatic carbocycles. The van der Waals surface area contributed by atoms with Gasteiger partial charge in [-0.05, 0) is 0 Å². The smallest absolute Gasteiger partial charge is 0.335 e. The van der Waals surface area contributed by atoms with Gasteiger partial charge in [-0.1, -0.05) is 0 Å². The molecule has 0 spiro atoms. The van der Waals surface area contributed by atoms with Gasteiger partial charge >= 0.3 is 11.9 Å². The van der Waals surface area contributed by atoms with E-state index in [0.29, 0.717) is 0 Å². The molecule has 0 saturated carbocycles. The first-order chi connectivity index (χ1) is 12.1. The molecule has 2 saturated heterocycles. The molecule has 150 valence electrons. The molecule has 2 rings (SSSR count). The minimum atomic E-state index is -2.02. The molecule has 13 nitrogen and oxygen atoms in total. The number of carbonyl (C=O) groups is 2. The van der Waals surface area contributed by atoms with E-state index >= 15 is 0 Å². The quantitative estimate of drug-likeness (QED) is 0.238. The first kappa shape index (κ1) is 20.9. The number of carboxylic acids is 2. The lowest BCUT2D eigenvalue weighted by Crippen LogP contribution is -2.65. The normalized spacial score (nSPS) is 46.7. The summed E-state index contributed by atoms with van der Waals surface area (Å²) in [5.74, 6) is -3.22. The summed E-state index contributed by atoms with van der Waals surface area (Å²) in [4.78, 5) is 22.5. The number of carboxylic acid groups (broad SMARTS) is 2. The Bertz CT molecular complexity index is 526. The van der Waals surface area contributed by atoms with Gasteiger partial charge in [0.05, 0.1) is 0 Å². The number of aliphatic hydroxyl groups excluding tert-OH is 5. The summed E-state index contributed by atoms with van der Waals surface area (Å²) in [5, 5.41) is 67.3. The summed E-state index contributed by atoms with van der Waals surface area (Å²) >= 11 is 0. The van der Waals surface area contributed by atoms with Crippen molar-refractivity contribution in [1.82, 2.24) is 0 Å². The van der Waals surface area contributed by atoms with Crippen LogP contribution in [0.4, 0.5) is 0 Å². The molecular formula is C13H20O13. The van der Waals surface area contributed by atoms with Crippen LogP contribution in [-0.4, -0.2) is 116 Å². The summed E-state index contributed by atoms with van der Waals surface area (Å²) in [6.45, 7) is 0. The fraction of sp³-hybridized carbons (Fsp3) is 0.846. The zero-order chi connectivity index (χ0) is 19.8. The number of ether oxygens (including phenoxy) is 4. The van der Waals surface area contributed by atoms with Crippen molar-refractivity contribution in [3.8, 4) is 0 Å². The molecular weight excluding hydrogens is 364 g/mol. The fourth-order valence-electron chi connectivity index (χ4n) is 2.77. The second kappa shape index (κ2) is 8.08. The molecule has 2 aliphatic rings. The van der Waals surface area contributed by atoms with Crippen LogP contribution < -0.4 is 0 Å². The van der Waals surface area contributed by atoms with Gasteiger partial charge in [-0.25, -0.2) is 9.59 Å². The van der Waals surface area contributed by atoms with E-state index in [1.807, 2.05) is 0 Å². The maximum Gasteiger partial charge on any atom is 0.335 e. The molecule has 26 heavy (non-hydrogen) atoms. The molecule has 0 aromatic heterocycles. The summed E-state index contributed by atoms with van der Waals surface area (Å²) < 4.78 is 19.6. The second-order valence-corrected chi connectivity index (χ2v) is 5.81. The Kier molecular flexibility index (Phi) is 6.49. The van der Waals surface area contributed by atoms with Crippen molar-refractivity contribution >= 4 is 11.9 Å². The van der Waals surface area contributed by atoms with E-state index < -0.39 is 73.4 Å². The molecule has 13 heteroatoms. The minimum absolute atomic E-state index is 1.08. The molecule has 2 heterocycles. The maximum atomic E-state index is 11.3. The summed E-state index contributed by atoms with van der Waals surface area (Å²) in [7, 11) is 1.08. The summed E-state index contributed by atoms with van der Waals surface area (Å²) in [6, 6.07) is 0. The predicted molar refractivity (Wildman–Crippen MR) is 74.5 cm³/mol. The van der Waals surface area contributed by atoms with Gasteiger partial charge in [0, 0.05) is 7.11 Å². The third-order valence-corrected chi connectivity index (χ3v) is 4.16. The van der Waals surface area contributed by atoms with Crippen LogP contribution in [0.25, 0.3) is 0 Å². The number of rotatable bonds is 5. The summed E-state index contributed by atoms with van der Waals surface area (Å²) in [6.07, 6.45) is -18.5. The van der Waals surface area contributed by atoms with Crippen LogP contribution in [0.3, 0.4) is 0 Å². The maximum absolute atomic E-state index is 11.3. The molecule has 2 fully saturated rings. The van der Waals surface area contributed by atoms with E-state index in [1.54, 1.807) is 0 Å². The number of aliphatic hydroxyl groups is 5. The Hall–Kier alpha value is -1.42. The standard InChI is InChI=1S/C13H20O13/c1-23-6-3(15)5(17)13(26-8(6)10(18)19)25-7-2(14)4(16)12(22)24-9(7)11(20)21/h2-9,12-17,22H,1H3,(H,18,19)(H,20,21)/t2-,3+,4-,5+,6-,7-,8+,9+,12-,13?/m1/s1. The Morgan fingerprint density at radius 1 is 0.769 bits per heavy atom. The lowest BCUT2D eigenvalue weighted by molar-refractivity contribution is -0.347. The number of methoxy groups -OCH3 is 1. The van der Waals surface area contributed by atoms with Gasteiger partial charge in [-0.15, -0.1) is 0 Å². The third-order valence-electron chi connectivity index (χ3n) is 4.16. The zero-order valence-electron chi connectivity index (χ0n) is 13.4. The average Bonchev–Trinajstić information content (AvgIpc) is 2.58. The van der Waals surface area contributed by atoms with Gasteiger partial charge in [0.2, 0.25) is 0 Å². The second-order valence-electron chi connectivity index (χ2n) is 5.81. The highest BCUT2D eigenvalue weighted by Gasteiger charge is 2.53. The van der Waals surface area contributed by atoms with Gasteiger partial charge < -0.3 is 54.7 Å². The van der Waals surface area contributed by atoms with Crippen molar-refractivity contribution in [2.75, 3.05) is 7.11 Å². The molecule has 0 aliphatic carbocycles. The van der Waals surface area contributed by atoms with Crippen LogP contribution in [0.2, 0.25) is 0 Å². The molecule has 0 bridgehead atoms. The number of hydrogen-bond donors (Lipinski definition) is 7. The lowest BCUT2D eigenvalue weighted by atomic mass is 9.96. The molecule has 10 atom stereocenters. The van der Waals surface area contributed by atoms with E-state index in [4.69, 9.17) is 24.4 Å². The van der Waals surface area contributed by atoms with E-state index in [2.05, 4.69) is 4.74 Å². The zero-order valence-corrected chi connectivity index (χ0v) is 13.4. The molecule has 0 amide bonds. The van der Waals surface area contributed by atoms with Crippen molar-refractivity contribution in [1.29, 1.82) is 0 Å². The van der Waals surface area contributed by atoms with Crippen molar-refractivity contribution in [2.45, 2.75) is 61.4 Å². The van der Waals surface area contributed by atoms with Gasteiger partial charge in [0.25, 0.3) is 0 Å². The summed E-state index contributed by atoms with van der Waals surface area (Å²) in [5.41, 5.74) is 0. The largest absolute Gasteiger partial charge is 0.479 e. The highest BCUT2D eigenvalue weighted by molar-refractivity contribution is 5.74. The van der Waals surface area contributed by atoms with E-state index in [1.165, 1.54) is 0 Å².